The first kappa shape index (κ1) is 23.0. The number of sulfonamides is 1. The lowest BCUT2D eigenvalue weighted by Gasteiger charge is -2.29. The van der Waals surface area contributed by atoms with Crippen LogP contribution in [0.3, 0.4) is 0 Å². The summed E-state index contributed by atoms with van der Waals surface area (Å²) in [5.41, 5.74) is 0.697. The molecule has 9 nitrogen and oxygen atoms in total. The Balaban J connectivity index is 1.48. The summed E-state index contributed by atoms with van der Waals surface area (Å²) in [6, 6.07) is 10.0. The number of amidine groups is 1. The van der Waals surface area contributed by atoms with Crippen molar-refractivity contribution in [1.29, 1.82) is 10.7 Å². The highest BCUT2D eigenvalue weighted by molar-refractivity contribution is 7.89. The Morgan fingerprint density at radius 2 is 1.85 bits per heavy atom. The normalized spacial score (nSPS) is 20.6. The van der Waals surface area contributed by atoms with Gasteiger partial charge in [-0.3, -0.25) is 10.2 Å². The van der Waals surface area contributed by atoms with Crippen molar-refractivity contribution in [2.75, 3.05) is 17.2 Å². The van der Waals surface area contributed by atoms with E-state index in [1.54, 1.807) is 18.2 Å². The SMILES string of the molecule is N#C[C@H]1CCCC[C@@H]1Nc1cc[nH]c(=O)c1C(=N)Nc1ccc(S(=O)(=O)NCC2CC2)cc1. The molecule has 0 amide bonds. The number of hydrogen-bond donors (Lipinski definition) is 5. The van der Waals surface area contributed by atoms with Gasteiger partial charge in [0.2, 0.25) is 10.0 Å². The van der Waals surface area contributed by atoms with Crippen molar-refractivity contribution in [3.8, 4) is 6.07 Å². The van der Waals surface area contributed by atoms with E-state index in [2.05, 4.69) is 26.4 Å². The number of aromatic amines is 1. The van der Waals surface area contributed by atoms with Gasteiger partial charge >= 0.3 is 0 Å². The largest absolute Gasteiger partial charge is 0.380 e. The van der Waals surface area contributed by atoms with Crippen molar-refractivity contribution in [2.24, 2.45) is 11.8 Å². The highest BCUT2D eigenvalue weighted by Gasteiger charge is 2.27. The molecule has 2 aliphatic rings. The number of rotatable bonds is 8. The minimum absolute atomic E-state index is 0.0790. The molecule has 4 rings (SSSR count). The quantitative estimate of drug-likeness (QED) is 0.297. The maximum Gasteiger partial charge on any atom is 0.261 e. The zero-order chi connectivity index (χ0) is 23.4. The molecule has 2 atom stereocenters. The van der Waals surface area contributed by atoms with Gasteiger partial charge in [-0.05, 0) is 61.9 Å². The summed E-state index contributed by atoms with van der Waals surface area (Å²) in [4.78, 5) is 15.3. The number of H-pyrrole nitrogens is 1. The molecule has 1 aromatic heterocycles. The Morgan fingerprint density at radius 3 is 2.55 bits per heavy atom. The third-order valence-electron chi connectivity index (χ3n) is 6.18. The van der Waals surface area contributed by atoms with Gasteiger partial charge in [-0.25, -0.2) is 13.1 Å². The molecule has 0 aliphatic heterocycles. The van der Waals surface area contributed by atoms with E-state index < -0.39 is 15.6 Å². The molecule has 0 unspecified atom stereocenters. The highest BCUT2D eigenvalue weighted by Crippen LogP contribution is 2.29. The van der Waals surface area contributed by atoms with Gasteiger partial charge in [-0.1, -0.05) is 12.8 Å². The van der Waals surface area contributed by atoms with Gasteiger partial charge in [0.15, 0.2) is 0 Å². The Morgan fingerprint density at radius 1 is 1.12 bits per heavy atom. The lowest BCUT2D eigenvalue weighted by molar-refractivity contribution is 0.388. The fourth-order valence-corrected chi connectivity index (χ4v) is 5.18. The number of anilines is 2. The summed E-state index contributed by atoms with van der Waals surface area (Å²) >= 11 is 0. The fraction of sp³-hybridized carbons (Fsp3) is 0.435. The molecule has 174 valence electrons. The molecule has 2 fully saturated rings. The van der Waals surface area contributed by atoms with Gasteiger partial charge in [0.1, 0.15) is 11.4 Å². The summed E-state index contributed by atoms with van der Waals surface area (Å²) < 4.78 is 27.4. The van der Waals surface area contributed by atoms with E-state index >= 15 is 0 Å². The maximum absolute atomic E-state index is 12.6. The van der Waals surface area contributed by atoms with Gasteiger partial charge in [0.25, 0.3) is 5.56 Å². The van der Waals surface area contributed by atoms with Crippen LogP contribution in [0.4, 0.5) is 11.4 Å². The van der Waals surface area contributed by atoms with Gasteiger partial charge in [-0.2, -0.15) is 5.26 Å². The van der Waals surface area contributed by atoms with E-state index in [4.69, 9.17) is 5.41 Å². The lowest BCUT2D eigenvalue weighted by atomic mass is 9.85. The molecule has 2 aromatic rings. The first-order valence-electron chi connectivity index (χ1n) is 11.2. The Kier molecular flexibility index (Phi) is 6.81. The summed E-state index contributed by atoms with van der Waals surface area (Å²) in [6.07, 6.45) is 7.29. The molecule has 0 bridgehead atoms. The lowest BCUT2D eigenvalue weighted by Crippen LogP contribution is -2.34. The molecular weight excluding hydrogens is 440 g/mol. The standard InChI is InChI=1S/C23H28N6O3S/c24-13-16-3-1-2-4-19(16)29-20-11-12-26-23(30)21(20)22(25)28-17-7-9-18(10-8-17)33(31,32)27-14-15-5-6-15/h7-12,15-16,19,27H,1-6,14H2,(H2,25,28)(H2,26,29,30)/t16-,19+/m1/s1. The second-order valence-electron chi connectivity index (χ2n) is 8.69. The van der Waals surface area contributed by atoms with Crippen molar-refractivity contribution in [1.82, 2.24) is 9.71 Å². The maximum atomic E-state index is 12.6. The van der Waals surface area contributed by atoms with Gasteiger partial charge in [-0.15, -0.1) is 0 Å². The number of aromatic nitrogens is 1. The second kappa shape index (κ2) is 9.77. The number of nitrogens with zero attached hydrogens (tertiary/aromatic N) is 1. The predicted molar refractivity (Wildman–Crippen MR) is 127 cm³/mol. The molecule has 0 radical (unpaired) electrons. The molecule has 0 saturated heterocycles. The first-order chi connectivity index (χ1) is 15.9. The van der Waals surface area contributed by atoms with E-state index in [1.165, 1.54) is 18.3 Å². The van der Waals surface area contributed by atoms with E-state index in [-0.39, 0.29) is 28.3 Å². The highest BCUT2D eigenvalue weighted by atomic mass is 32.2. The summed E-state index contributed by atoms with van der Waals surface area (Å²) in [7, 11) is -3.57. The average molecular weight is 469 g/mol. The van der Waals surface area contributed by atoms with Crippen molar-refractivity contribution in [3.05, 3.63) is 52.4 Å². The molecule has 1 heterocycles. The van der Waals surface area contributed by atoms with Crippen LogP contribution >= 0.6 is 0 Å². The smallest absolute Gasteiger partial charge is 0.261 e. The van der Waals surface area contributed by atoms with Gasteiger partial charge in [0, 0.05) is 24.5 Å². The Labute approximate surface area is 193 Å². The van der Waals surface area contributed by atoms with Crippen LogP contribution in [0, 0.1) is 28.6 Å². The Bertz CT molecular complexity index is 1210. The van der Waals surface area contributed by atoms with Crippen LogP contribution in [-0.2, 0) is 10.0 Å². The van der Waals surface area contributed by atoms with Gasteiger partial charge in [0.05, 0.1) is 22.6 Å². The zero-order valence-electron chi connectivity index (χ0n) is 18.2. The van der Waals surface area contributed by atoms with E-state index in [1.807, 2.05) is 0 Å². The molecular formula is C23H28N6O3S. The van der Waals surface area contributed by atoms with Crippen LogP contribution in [0.5, 0.6) is 0 Å². The van der Waals surface area contributed by atoms with Crippen LogP contribution in [0.15, 0.2) is 46.2 Å². The summed E-state index contributed by atoms with van der Waals surface area (Å²) in [5, 5.41) is 24.1. The summed E-state index contributed by atoms with van der Waals surface area (Å²) in [5.74, 6) is 0.173. The van der Waals surface area contributed by atoms with Crippen LogP contribution in [-0.4, -0.2) is 31.8 Å². The number of benzene rings is 1. The van der Waals surface area contributed by atoms with Crippen LogP contribution in [0.1, 0.15) is 44.1 Å². The van der Waals surface area contributed by atoms with Crippen LogP contribution in [0.25, 0.3) is 0 Å². The molecule has 33 heavy (non-hydrogen) atoms. The van der Waals surface area contributed by atoms with E-state index in [0.717, 1.165) is 38.5 Å². The molecule has 2 aliphatic carbocycles. The van der Waals surface area contributed by atoms with Crippen LogP contribution < -0.4 is 20.9 Å². The number of pyridine rings is 1. The Hall–Kier alpha value is -3.16. The molecule has 0 spiro atoms. The van der Waals surface area contributed by atoms with E-state index in [9.17, 15) is 18.5 Å². The number of nitriles is 1. The van der Waals surface area contributed by atoms with Crippen molar-refractivity contribution in [2.45, 2.75) is 49.5 Å². The van der Waals surface area contributed by atoms with Gasteiger partial charge < -0.3 is 15.6 Å². The topological polar surface area (TPSA) is 151 Å². The van der Waals surface area contributed by atoms with E-state index in [0.29, 0.717) is 23.8 Å². The molecule has 5 N–H and O–H groups in total. The number of nitrogens with one attached hydrogen (secondary N) is 5. The van der Waals surface area contributed by atoms with Crippen LogP contribution in [0.2, 0.25) is 0 Å². The molecule has 1 aromatic carbocycles. The zero-order valence-corrected chi connectivity index (χ0v) is 19.0. The minimum Gasteiger partial charge on any atom is -0.380 e. The average Bonchev–Trinajstić information content (AvgIpc) is 3.63. The van der Waals surface area contributed by atoms with Crippen molar-refractivity contribution >= 4 is 27.2 Å². The fourth-order valence-electron chi connectivity index (χ4n) is 4.06. The third kappa shape index (κ3) is 5.61. The minimum atomic E-state index is -3.57. The van der Waals surface area contributed by atoms with Crippen molar-refractivity contribution < 1.29 is 8.42 Å². The first-order valence-corrected chi connectivity index (χ1v) is 12.7. The molecule has 10 heteroatoms. The second-order valence-corrected chi connectivity index (χ2v) is 10.5. The molecule has 2 saturated carbocycles. The summed E-state index contributed by atoms with van der Waals surface area (Å²) in [6.45, 7) is 0.452. The predicted octanol–water partition coefficient (Wildman–Crippen LogP) is 2.99. The number of hydrogen-bond acceptors (Lipinski definition) is 6. The third-order valence-corrected chi connectivity index (χ3v) is 7.62. The monoisotopic (exact) mass is 468 g/mol. The van der Waals surface area contributed by atoms with Crippen molar-refractivity contribution in [3.63, 3.8) is 0 Å².